The fourth-order valence-electron chi connectivity index (χ4n) is 4.55. The first-order chi connectivity index (χ1) is 11.5. The standard InChI is InChI=1S/C18H22O6/c1-13(19)21-12-15-16(17(24-15)4-2-14(20)3-5-17)6-8-18(9-7-16)22-10-11-23-18/h2-5,15H,6-12H2,1H3. The predicted molar refractivity (Wildman–Crippen MR) is 83.1 cm³/mol. The van der Waals surface area contributed by atoms with Gasteiger partial charge in [-0.05, 0) is 37.1 Å². The van der Waals surface area contributed by atoms with Crippen LogP contribution in [0.25, 0.3) is 0 Å². The molecule has 0 amide bonds. The molecule has 0 aromatic rings. The first-order valence-electron chi connectivity index (χ1n) is 8.51. The van der Waals surface area contributed by atoms with Crippen LogP contribution in [0.15, 0.2) is 24.3 Å². The second kappa shape index (κ2) is 5.51. The molecule has 3 spiro atoms. The Morgan fingerprint density at radius 3 is 2.38 bits per heavy atom. The van der Waals surface area contributed by atoms with Gasteiger partial charge in [-0.15, -0.1) is 0 Å². The van der Waals surface area contributed by atoms with E-state index in [-0.39, 0.29) is 29.9 Å². The molecule has 6 nitrogen and oxygen atoms in total. The fourth-order valence-corrected chi connectivity index (χ4v) is 4.55. The summed E-state index contributed by atoms with van der Waals surface area (Å²) in [6.07, 6.45) is 9.90. The molecule has 0 radical (unpaired) electrons. The number of allylic oxidation sites excluding steroid dienone is 2. The van der Waals surface area contributed by atoms with Crippen molar-refractivity contribution >= 4 is 11.8 Å². The summed E-state index contributed by atoms with van der Waals surface area (Å²) in [5.74, 6) is -0.807. The van der Waals surface area contributed by atoms with Crippen molar-refractivity contribution in [1.29, 1.82) is 0 Å². The van der Waals surface area contributed by atoms with Crippen molar-refractivity contribution in [3.63, 3.8) is 0 Å². The third-order valence-corrected chi connectivity index (χ3v) is 5.88. The van der Waals surface area contributed by atoms with E-state index in [0.29, 0.717) is 13.2 Å². The van der Waals surface area contributed by atoms with Gasteiger partial charge < -0.3 is 18.9 Å². The van der Waals surface area contributed by atoms with E-state index in [9.17, 15) is 9.59 Å². The van der Waals surface area contributed by atoms with Crippen molar-refractivity contribution in [2.24, 2.45) is 5.41 Å². The molecule has 2 saturated heterocycles. The van der Waals surface area contributed by atoms with Gasteiger partial charge in [0, 0.05) is 25.2 Å². The van der Waals surface area contributed by atoms with Crippen LogP contribution in [0, 0.1) is 5.41 Å². The maximum Gasteiger partial charge on any atom is 0.302 e. The van der Waals surface area contributed by atoms with Crippen molar-refractivity contribution in [2.45, 2.75) is 50.1 Å². The number of fused-ring (bicyclic) bond motifs is 1. The van der Waals surface area contributed by atoms with Gasteiger partial charge in [0.15, 0.2) is 11.6 Å². The third-order valence-electron chi connectivity index (χ3n) is 5.88. The lowest BCUT2D eigenvalue weighted by Crippen LogP contribution is -2.70. The van der Waals surface area contributed by atoms with Gasteiger partial charge in [-0.1, -0.05) is 0 Å². The molecule has 130 valence electrons. The van der Waals surface area contributed by atoms with Crippen molar-refractivity contribution in [3.8, 4) is 0 Å². The Kier molecular flexibility index (Phi) is 3.67. The van der Waals surface area contributed by atoms with Crippen LogP contribution in [0.5, 0.6) is 0 Å². The fraction of sp³-hybridized carbons (Fsp3) is 0.667. The molecular weight excluding hydrogens is 312 g/mol. The summed E-state index contributed by atoms with van der Waals surface area (Å²) < 4.78 is 23.0. The minimum absolute atomic E-state index is 0.0300. The Hall–Kier alpha value is -1.50. The third kappa shape index (κ3) is 2.28. The lowest BCUT2D eigenvalue weighted by molar-refractivity contribution is -0.318. The monoisotopic (exact) mass is 334 g/mol. The quantitative estimate of drug-likeness (QED) is 0.716. The summed E-state index contributed by atoms with van der Waals surface area (Å²) in [5, 5.41) is 0. The van der Waals surface area contributed by atoms with E-state index in [1.807, 2.05) is 12.2 Å². The van der Waals surface area contributed by atoms with Gasteiger partial charge in [-0.25, -0.2) is 0 Å². The first kappa shape index (κ1) is 16.0. The van der Waals surface area contributed by atoms with Crippen molar-refractivity contribution in [2.75, 3.05) is 19.8 Å². The zero-order chi connectivity index (χ0) is 16.8. The topological polar surface area (TPSA) is 71.1 Å². The van der Waals surface area contributed by atoms with Gasteiger partial charge in [0.2, 0.25) is 0 Å². The van der Waals surface area contributed by atoms with Gasteiger partial charge in [-0.3, -0.25) is 9.59 Å². The molecule has 4 rings (SSSR count). The second-order valence-corrected chi connectivity index (χ2v) is 7.03. The summed E-state index contributed by atoms with van der Waals surface area (Å²) in [6.45, 7) is 2.91. The molecule has 4 aliphatic rings. The molecule has 0 bridgehead atoms. The minimum atomic E-state index is -0.591. The van der Waals surface area contributed by atoms with E-state index in [1.165, 1.54) is 6.92 Å². The van der Waals surface area contributed by atoms with E-state index in [1.54, 1.807) is 12.2 Å². The van der Waals surface area contributed by atoms with E-state index < -0.39 is 11.4 Å². The summed E-state index contributed by atoms with van der Waals surface area (Å²) in [7, 11) is 0. The maximum absolute atomic E-state index is 11.5. The number of ether oxygens (including phenoxy) is 4. The highest BCUT2D eigenvalue weighted by atomic mass is 16.7. The molecule has 2 aliphatic carbocycles. The number of carbonyl (C=O) groups is 2. The number of esters is 1. The Morgan fingerprint density at radius 2 is 1.79 bits per heavy atom. The molecule has 6 heteroatoms. The summed E-state index contributed by atoms with van der Waals surface area (Å²) in [4.78, 5) is 22.7. The van der Waals surface area contributed by atoms with Crippen LogP contribution in [-0.2, 0) is 28.5 Å². The Balaban J connectivity index is 1.57. The van der Waals surface area contributed by atoms with Gasteiger partial charge in [0.05, 0.1) is 13.2 Å². The number of hydrogen-bond acceptors (Lipinski definition) is 6. The molecule has 1 saturated carbocycles. The molecule has 0 aromatic carbocycles. The van der Waals surface area contributed by atoms with Gasteiger partial charge in [-0.2, -0.15) is 0 Å². The second-order valence-electron chi connectivity index (χ2n) is 7.03. The maximum atomic E-state index is 11.5. The number of ketones is 1. The predicted octanol–water partition coefficient (Wildman–Crippen LogP) is 1.69. The molecule has 1 unspecified atom stereocenters. The highest BCUT2D eigenvalue weighted by Gasteiger charge is 2.67. The number of rotatable bonds is 2. The normalized spacial score (nSPS) is 35.5. The molecule has 0 N–H and O–H groups in total. The van der Waals surface area contributed by atoms with Crippen LogP contribution in [0.3, 0.4) is 0 Å². The Bertz CT molecular complexity index is 587. The first-order valence-corrected chi connectivity index (χ1v) is 8.51. The average Bonchev–Trinajstić information content (AvgIpc) is 3.02. The molecule has 3 fully saturated rings. The number of carbonyl (C=O) groups excluding carboxylic acids is 2. The lowest BCUT2D eigenvalue weighted by Gasteiger charge is -2.64. The minimum Gasteiger partial charge on any atom is -0.463 e. The van der Waals surface area contributed by atoms with Gasteiger partial charge in [0.25, 0.3) is 0 Å². The SMILES string of the molecule is CC(=O)OCC1OC2(C=CC(=O)C=C2)C12CCC1(CC2)OCCO1. The molecule has 2 aliphatic heterocycles. The molecular formula is C18H22O6. The van der Waals surface area contributed by atoms with Crippen LogP contribution in [0.1, 0.15) is 32.6 Å². The van der Waals surface area contributed by atoms with E-state index in [4.69, 9.17) is 18.9 Å². The molecule has 2 heterocycles. The molecule has 1 atom stereocenters. The smallest absolute Gasteiger partial charge is 0.302 e. The summed E-state index contributed by atoms with van der Waals surface area (Å²) in [6, 6.07) is 0. The summed E-state index contributed by atoms with van der Waals surface area (Å²) >= 11 is 0. The lowest BCUT2D eigenvalue weighted by atomic mass is 9.54. The van der Waals surface area contributed by atoms with Crippen molar-refractivity contribution in [3.05, 3.63) is 24.3 Å². The van der Waals surface area contributed by atoms with E-state index >= 15 is 0 Å². The largest absolute Gasteiger partial charge is 0.463 e. The van der Waals surface area contributed by atoms with Crippen LogP contribution in [0.2, 0.25) is 0 Å². The Morgan fingerprint density at radius 1 is 1.17 bits per heavy atom. The van der Waals surface area contributed by atoms with Gasteiger partial charge >= 0.3 is 5.97 Å². The van der Waals surface area contributed by atoms with Crippen LogP contribution in [0.4, 0.5) is 0 Å². The molecule has 0 aromatic heterocycles. The van der Waals surface area contributed by atoms with Crippen molar-refractivity contribution < 1.29 is 28.5 Å². The number of hydrogen-bond donors (Lipinski definition) is 0. The van der Waals surface area contributed by atoms with E-state index in [2.05, 4.69) is 0 Å². The van der Waals surface area contributed by atoms with E-state index in [0.717, 1.165) is 25.7 Å². The zero-order valence-corrected chi connectivity index (χ0v) is 13.8. The van der Waals surface area contributed by atoms with Crippen molar-refractivity contribution in [1.82, 2.24) is 0 Å². The Labute approximate surface area is 140 Å². The summed E-state index contributed by atoms with van der Waals surface area (Å²) in [5.41, 5.74) is -0.789. The zero-order valence-electron chi connectivity index (χ0n) is 13.8. The van der Waals surface area contributed by atoms with Crippen LogP contribution >= 0.6 is 0 Å². The highest BCUT2D eigenvalue weighted by molar-refractivity contribution is 6.00. The van der Waals surface area contributed by atoms with Gasteiger partial charge in [0.1, 0.15) is 18.3 Å². The van der Waals surface area contributed by atoms with Crippen LogP contribution in [-0.4, -0.2) is 49.1 Å². The molecule has 24 heavy (non-hydrogen) atoms. The average molecular weight is 334 g/mol. The van der Waals surface area contributed by atoms with Crippen LogP contribution < -0.4 is 0 Å². The highest BCUT2D eigenvalue weighted by Crippen LogP contribution is 2.62.